The number of benzene rings is 17. The van der Waals surface area contributed by atoms with Crippen LogP contribution in [-0.2, 0) is 0 Å². The zero-order valence-corrected chi connectivity index (χ0v) is 62.8. The smallest absolute Gasteiger partial charge is 0.113 e. The molecule has 1 heterocycles. The minimum Gasteiger partial charge on any atom is -0.311 e. The number of hydrogen-bond donors (Lipinski definition) is 0. The zero-order chi connectivity index (χ0) is 75.5. The van der Waals surface area contributed by atoms with Gasteiger partial charge in [0.25, 0.3) is 0 Å². The van der Waals surface area contributed by atoms with Crippen LogP contribution in [0.1, 0.15) is 44.5 Å². The highest BCUT2D eigenvalue weighted by Crippen LogP contribution is 2.47. The van der Waals surface area contributed by atoms with Gasteiger partial charge < -0.3 is 19.6 Å². The summed E-state index contributed by atoms with van der Waals surface area (Å²) in [5.74, 6) is 0. The predicted molar refractivity (Wildman–Crippen MR) is 476 cm³/mol. The number of fused-ring (bicyclic) bond motifs is 1. The third-order valence-corrected chi connectivity index (χ3v) is 21.3. The number of nitrogens with zero attached hydrogens (tertiary/aromatic N) is 6. The second-order valence-corrected chi connectivity index (χ2v) is 28.3. The molecule has 0 radical (unpaired) electrons. The Kier molecular flexibility index (Phi) is 20.2. The lowest BCUT2D eigenvalue weighted by molar-refractivity contribution is 1.25. The molecule has 17 aromatic carbocycles. The van der Waals surface area contributed by atoms with Crippen LogP contribution in [0.15, 0.2) is 461 Å². The van der Waals surface area contributed by atoms with Crippen LogP contribution in [0.3, 0.4) is 0 Å². The quantitative estimate of drug-likeness (QED) is 0.0630. The topological polar surface area (TPSA) is 38.7 Å². The lowest BCUT2D eigenvalue weighted by atomic mass is 9.86. The van der Waals surface area contributed by atoms with E-state index in [9.17, 15) is 0 Å². The van der Waals surface area contributed by atoms with Crippen molar-refractivity contribution < 1.29 is 0 Å². The van der Waals surface area contributed by atoms with Gasteiger partial charge in [-0.3, -0.25) is 0 Å². The van der Waals surface area contributed by atoms with Gasteiger partial charge in [-0.15, -0.1) is 0 Å². The van der Waals surface area contributed by atoms with Crippen LogP contribution in [0.25, 0.3) is 55.6 Å². The fraction of sp³-hybridized carbons (Fsp3) is 0. The third kappa shape index (κ3) is 14.8. The van der Waals surface area contributed by atoms with Crippen molar-refractivity contribution in [3.05, 3.63) is 506 Å². The predicted octanol–water partition coefficient (Wildman–Crippen LogP) is 28.9. The molecule has 6 nitrogen and oxygen atoms in total. The molecule has 18 aromatic rings. The summed E-state index contributed by atoms with van der Waals surface area (Å²) < 4.78 is 10.1. The van der Waals surface area contributed by atoms with Gasteiger partial charge in [0, 0.05) is 79.4 Å². The Balaban J connectivity index is 0.702. The van der Waals surface area contributed by atoms with Crippen molar-refractivity contribution in [3.8, 4) is 22.3 Å². The van der Waals surface area contributed by atoms with Gasteiger partial charge in [-0.2, -0.15) is 8.75 Å². The van der Waals surface area contributed by atoms with Crippen molar-refractivity contribution in [2.24, 2.45) is 0 Å². The summed E-state index contributed by atoms with van der Waals surface area (Å²) in [5.41, 5.74) is 32.1. The first kappa shape index (κ1) is 69.9. The van der Waals surface area contributed by atoms with Gasteiger partial charge >= 0.3 is 0 Å². The number of hydrogen-bond acceptors (Lipinski definition) is 7. The molecular formula is C106H76N6S. The lowest BCUT2D eigenvalue weighted by Crippen LogP contribution is -2.12. The molecule has 113 heavy (non-hydrogen) atoms. The van der Waals surface area contributed by atoms with Crippen molar-refractivity contribution in [1.29, 1.82) is 0 Å². The first-order valence-corrected chi connectivity index (χ1v) is 38.9. The van der Waals surface area contributed by atoms with Crippen LogP contribution in [-0.4, -0.2) is 8.75 Å². The van der Waals surface area contributed by atoms with Gasteiger partial charge in [-0.25, -0.2) is 0 Å². The van der Waals surface area contributed by atoms with E-state index < -0.39 is 0 Å². The van der Waals surface area contributed by atoms with E-state index in [0.717, 1.165) is 157 Å². The van der Waals surface area contributed by atoms with Crippen LogP contribution in [0.2, 0.25) is 0 Å². The van der Waals surface area contributed by atoms with Crippen molar-refractivity contribution in [3.63, 3.8) is 0 Å². The molecule has 536 valence electrons. The molecule has 7 heteroatoms. The zero-order valence-electron chi connectivity index (χ0n) is 62.0. The van der Waals surface area contributed by atoms with Crippen LogP contribution in [0, 0.1) is 0 Å². The Hall–Kier alpha value is -14.8. The fourth-order valence-electron chi connectivity index (χ4n) is 15.5. The Morgan fingerprint density at radius 1 is 0.150 bits per heavy atom. The first-order valence-electron chi connectivity index (χ1n) is 38.2. The highest BCUT2D eigenvalue weighted by Gasteiger charge is 2.24. The Labute approximate surface area is 665 Å². The van der Waals surface area contributed by atoms with Gasteiger partial charge in [0.2, 0.25) is 0 Å². The molecule has 0 spiro atoms. The fourth-order valence-corrected chi connectivity index (χ4v) is 16.1. The molecule has 1 aromatic heterocycles. The van der Waals surface area contributed by atoms with E-state index in [2.05, 4.69) is 481 Å². The molecule has 0 saturated heterocycles. The Morgan fingerprint density at radius 3 is 0.496 bits per heavy atom. The first-order chi connectivity index (χ1) is 56.1. The monoisotopic (exact) mass is 1460 g/mol. The summed E-state index contributed by atoms with van der Waals surface area (Å²) in [6.45, 7) is 0. The van der Waals surface area contributed by atoms with Crippen molar-refractivity contribution in [2.45, 2.75) is 0 Å². The van der Waals surface area contributed by atoms with Gasteiger partial charge in [0.05, 0.1) is 11.7 Å². The molecule has 0 saturated carbocycles. The van der Waals surface area contributed by atoms with Gasteiger partial charge in [-0.1, -0.05) is 315 Å². The summed E-state index contributed by atoms with van der Waals surface area (Å²) in [5, 5.41) is 0. The van der Waals surface area contributed by atoms with Crippen LogP contribution in [0.5, 0.6) is 0 Å². The standard InChI is InChI=1S/C106H76N6S/c1-11-31-79(32-12-1)101(80-33-13-2-14-34-80)103(83-39-19-5-20-40-83)85-55-63-93(64-56-85)111(97-71-67-95(68-72-97)109(87-43-23-7-24-44-87)88-45-25-8-26-46-88)91-59-51-77(52-60-91)99-75-76-100(106-105(99)107-113-108-106)78-53-61-92(62-54-78)112(98-73-69-96(70-74-98)110(89-47-27-9-28-48-89)90-49-29-10-30-50-90)94-65-57-86(58-66-94)104(84-41-21-6-22-42-84)102(81-35-15-3-16-36-81)82-37-17-4-18-38-82/h1-76H. The molecule has 18 rings (SSSR count). The minimum absolute atomic E-state index is 0.856. The highest BCUT2D eigenvalue weighted by molar-refractivity contribution is 7.00. The summed E-state index contributed by atoms with van der Waals surface area (Å²) in [6, 6.07) is 165. The van der Waals surface area contributed by atoms with E-state index in [-0.39, 0.29) is 0 Å². The normalized spacial score (nSPS) is 11.0. The van der Waals surface area contributed by atoms with Crippen molar-refractivity contribution in [1.82, 2.24) is 8.75 Å². The van der Waals surface area contributed by atoms with E-state index in [1.165, 1.54) is 22.9 Å². The van der Waals surface area contributed by atoms with E-state index in [1.54, 1.807) is 0 Å². The van der Waals surface area contributed by atoms with E-state index >= 15 is 0 Å². The maximum absolute atomic E-state index is 5.06. The average molecular weight is 1470 g/mol. The molecule has 0 fully saturated rings. The van der Waals surface area contributed by atoms with Gasteiger partial charge in [-0.05, 0) is 224 Å². The largest absolute Gasteiger partial charge is 0.311 e. The van der Waals surface area contributed by atoms with Crippen LogP contribution < -0.4 is 19.6 Å². The molecule has 0 aliphatic carbocycles. The molecule has 0 aliphatic heterocycles. The highest BCUT2D eigenvalue weighted by atomic mass is 32.1. The van der Waals surface area contributed by atoms with Crippen molar-refractivity contribution in [2.75, 3.05) is 19.6 Å². The van der Waals surface area contributed by atoms with E-state index in [1.807, 2.05) is 0 Å². The second kappa shape index (κ2) is 32.6. The summed E-state index contributed by atoms with van der Waals surface area (Å²) in [7, 11) is 0. The number of para-hydroxylation sites is 4. The molecule has 0 bridgehead atoms. The molecule has 0 N–H and O–H groups in total. The van der Waals surface area contributed by atoms with Crippen LogP contribution in [0.4, 0.5) is 68.2 Å². The SMILES string of the molecule is c1ccc(C(=C(c2ccccc2)c2ccc(N(c3ccc(-c4ccc(-c5ccc(N(c6ccc(C(=C(c7ccccc7)c7ccccc7)c7ccccc7)cc6)c6ccc(N(c7ccccc7)c7ccccc7)cc6)cc5)c5nsnc45)cc3)c3ccc(N(c4ccccc4)c4ccccc4)cc3)cc2)c2ccccc2)cc1. The van der Waals surface area contributed by atoms with Gasteiger partial charge in [0.1, 0.15) is 11.0 Å². The second-order valence-electron chi connectivity index (χ2n) is 27.7. The van der Waals surface area contributed by atoms with E-state index in [0.29, 0.717) is 0 Å². The van der Waals surface area contributed by atoms with E-state index in [4.69, 9.17) is 8.75 Å². The molecule has 0 amide bonds. The molecule has 0 unspecified atom stereocenters. The number of anilines is 12. The average Bonchev–Trinajstić information content (AvgIpc) is 1.64. The minimum atomic E-state index is 0.856. The number of rotatable bonds is 22. The van der Waals surface area contributed by atoms with Crippen LogP contribution >= 0.6 is 11.7 Å². The Morgan fingerprint density at radius 2 is 0.301 bits per heavy atom. The maximum atomic E-state index is 5.06. The van der Waals surface area contributed by atoms with Gasteiger partial charge in [0.15, 0.2) is 0 Å². The summed E-state index contributed by atoms with van der Waals surface area (Å²) >= 11 is 1.25. The summed E-state index contributed by atoms with van der Waals surface area (Å²) in [4.78, 5) is 9.31. The lowest BCUT2D eigenvalue weighted by Gasteiger charge is -2.28. The number of aromatic nitrogens is 2. The van der Waals surface area contributed by atoms with Crippen molar-refractivity contribution >= 4 is 113 Å². The molecule has 0 aliphatic rings. The summed E-state index contributed by atoms with van der Waals surface area (Å²) in [6.07, 6.45) is 0. The maximum Gasteiger partial charge on any atom is 0.113 e. The molecular weight excluding hydrogens is 1390 g/mol. The molecule has 0 atom stereocenters. The Bertz CT molecular complexity index is 5690. The third-order valence-electron chi connectivity index (χ3n) is 20.8.